The number of anilines is 2. The van der Waals surface area contributed by atoms with Crippen molar-refractivity contribution >= 4 is 23.2 Å². The molecule has 0 atom stereocenters. The van der Waals surface area contributed by atoms with E-state index in [0.717, 1.165) is 26.2 Å². The molecule has 1 aromatic carbocycles. The maximum Gasteiger partial charge on any atom is 0.269 e. The number of non-ortho nitro benzene ring substituents is 1. The van der Waals surface area contributed by atoms with Crippen LogP contribution < -0.4 is 10.2 Å². The Morgan fingerprint density at radius 1 is 1.19 bits per heavy atom. The summed E-state index contributed by atoms with van der Waals surface area (Å²) in [4.78, 5) is 35.8. The first kappa shape index (κ1) is 17.7. The number of aryl methyl sites for hydroxylation is 1. The van der Waals surface area contributed by atoms with Crippen LogP contribution in [-0.4, -0.2) is 58.9 Å². The van der Waals surface area contributed by atoms with E-state index in [2.05, 4.69) is 32.1 Å². The lowest BCUT2D eigenvalue weighted by Crippen LogP contribution is -2.45. The summed E-state index contributed by atoms with van der Waals surface area (Å²) in [7, 11) is 2.08. The van der Waals surface area contributed by atoms with Gasteiger partial charge in [0.05, 0.1) is 16.2 Å². The van der Waals surface area contributed by atoms with Gasteiger partial charge in [-0.05, 0) is 26.1 Å². The summed E-state index contributed by atoms with van der Waals surface area (Å²) >= 11 is 0. The smallest absolute Gasteiger partial charge is 0.269 e. The Bertz CT molecular complexity index is 816. The third-order valence-corrected chi connectivity index (χ3v) is 4.33. The van der Waals surface area contributed by atoms with Crippen molar-refractivity contribution in [2.45, 2.75) is 6.92 Å². The minimum Gasteiger partial charge on any atom is -0.338 e. The number of benzene rings is 1. The van der Waals surface area contributed by atoms with Crippen molar-refractivity contribution in [3.8, 4) is 0 Å². The lowest BCUT2D eigenvalue weighted by atomic mass is 10.2. The topological polar surface area (TPSA) is 104 Å². The van der Waals surface area contributed by atoms with Crippen molar-refractivity contribution in [3.05, 3.63) is 51.8 Å². The molecule has 2 aromatic rings. The van der Waals surface area contributed by atoms with E-state index in [1.807, 2.05) is 0 Å². The average molecular weight is 356 g/mol. The van der Waals surface area contributed by atoms with E-state index in [1.165, 1.54) is 30.5 Å². The fourth-order valence-electron chi connectivity index (χ4n) is 2.70. The molecule has 0 spiro atoms. The van der Waals surface area contributed by atoms with Crippen LogP contribution in [0.25, 0.3) is 0 Å². The fourth-order valence-corrected chi connectivity index (χ4v) is 2.70. The molecule has 0 unspecified atom stereocenters. The van der Waals surface area contributed by atoms with Gasteiger partial charge in [-0.15, -0.1) is 0 Å². The number of rotatable bonds is 4. The van der Waals surface area contributed by atoms with Crippen molar-refractivity contribution in [1.82, 2.24) is 14.9 Å². The van der Waals surface area contributed by atoms with E-state index < -0.39 is 4.92 Å². The Hall–Kier alpha value is -3.07. The van der Waals surface area contributed by atoms with Crippen molar-refractivity contribution < 1.29 is 9.72 Å². The molecule has 1 saturated heterocycles. The van der Waals surface area contributed by atoms with Gasteiger partial charge in [0.15, 0.2) is 0 Å². The first-order valence-corrected chi connectivity index (χ1v) is 8.27. The fraction of sp³-hybridized carbons (Fsp3) is 0.353. The molecule has 1 aliphatic heterocycles. The SMILES string of the molecule is Cc1nc(N2CCN(C)CC2)ncc1C(=O)Nc1ccc([N+](=O)[O-])cc1. The Morgan fingerprint density at radius 2 is 1.85 bits per heavy atom. The van der Waals surface area contributed by atoms with Crippen LogP contribution in [0.15, 0.2) is 30.5 Å². The summed E-state index contributed by atoms with van der Waals surface area (Å²) < 4.78 is 0. The molecule has 9 heteroatoms. The molecule has 2 heterocycles. The van der Waals surface area contributed by atoms with E-state index in [0.29, 0.717) is 22.9 Å². The quantitative estimate of drug-likeness (QED) is 0.656. The molecule has 0 saturated carbocycles. The lowest BCUT2D eigenvalue weighted by molar-refractivity contribution is -0.384. The zero-order chi connectivity index (χ0) is 18.7. The summed E-state index contributed by atoms with van der Waals surface area (Å²) in [5.74, 6) is 0.281. The van der Waals surface area contributed by atoms with Gasteiger partial charge in [-0.25, -0.2) is 9.97 Å². The van der Waals surface area contributed by atoms with Gasteiger partial charge in [-0.3, -0.25) is 14.9 Å². The lowest BCUT2D eigenvalue weighted by Gasteiger charge is -2.32. The van der Waals surface area contributed by atoms with Crippen LogP contribution in [0, 0.1) is 17.0 Å². The molecule has 1 fully saturated rings. The second-order valence-electron chi connectivity index (χ2n) is 6.22. The molecule has 0 radical (unpaired) electrons. The van der Waals surface area contributed by atoms with E-state index in [4.69, 9.17) is 0 Å². The van der Waals surface area contributed by atoms with Crippen molar-refractivity contribution in [2.75, 3.05) is 43.4 Å². The molecule has 0 bridgehead atoms. The van der Waals surface area contributed by atoms with Crippen LogP contribution in [0.3, 0.4) is 0 Å². The predicted molar refractivity (Wildman–Crippen MR) is 97.5 cm³/mol. The standard InChI is InChI=1S/C17H20N6O3/c1-12-15(11-18-17(19-12)22-9-7-21(2)8-10-22)16(24)20-13-3-5-14(6-4-13)23(25)26/h3-6,11H,7-10H2,1-2H3,(H,20,24). The Kier molecular flexibility index (Phi) is 5.08. The normalized spacial score (nSPS) is 14.9. The number of nitro groups is 1. The van der Waals surface area contributed by atoms with Crippen molar-refractivity contribution in [1.29, 1.82) is 0 Å². The van der Waals surface area contributed by atoms with Gasteiger partial charge >= 0.3 is 0 Å². The minimum absolute atomic E-state index is 0.0287. The predicted octanol–water partition coefficient (Wildman–Crippen LogP) is 1.70. The van der Waals surface area contributed by atoms with Crippen LogP contribution in [0.5, 0.6) is 0 Å². The zero-order valence-corrected chi connectivity index (χ0v) is 14.7. The molecule has 1 N–H and O–H groups in total. The van der Waals surface area contributed by atoms with Crippen LogP contribution in [0.4, 0.5) is 17.3 Å². The molecular weight excluding hydrogens is 336 g/mol. The molecule has 1 aliphatic rings. The molecule has 9 nitrogen and oxygen atoms in total. The maximum atomic E-state index is 12.4. The van der Waals surface area contributed by atoms with E-state index >= 15 is 0 Å². The number of amides is 1. The maximum absolute atomic E-state index is 12.4. The summed E-state index contributed by atoms with van der Waals surface area (Å²) in [6.07, 6.45) is 1.52. The number of nitrogens with one attached hydrogen (secondary N) is 1. The van der Waals surface area contributed by atoms with E-state index in [9.17, 15) is 14.9 Å². The third-order valence-electron chi connectivity index (χ3n) is 4.33. The van der Waals surface area contributed by atoms with Gasteiger partial charge in [0, 0.05) is 50.2 Å². The molecule has 1 aromatic heterocycles. The van der Waals surface area contributed by atoms with Gasteiger partial charge in [0.2, 0.25) is 5.95 Å². The number of nitrogens with zero attached hydrogens (tertiary/aromatic N) is 5. The number of hydrogen-bond acceptors (Lipinski definition) is 7. The monoisotopic (exact) mass is 356 g/mol. The van der Waals surface area contributed by atoms with Gasteiger partial charge in [-0.2, -0.15) is 0 Å². The van der Waals surface area contributed by atoms with Crippen molar-refractivity contribution in [3.63, 3.8) is 0 Å². The Balaban J connectivity index is 1.70. The van der Waals surface area contributed by atoms with E-state index in [1.54, 1.807) is 6.92 Å². The van der Waals surface area contributed by atoms with Gasteiger partial charge in [0.1, 0.15) is 0 Å². The number of nitro benzene ring substituents is 1. The summed E-state index contributed by atoms with van der Waals surface area (Å²) in [5, 5.41) is 13.4. The molecule has 3 rings (SSSR count). The Morgan fingerprint density at radius 3 is 2.42 bits per heavy atom. The van der Waals surface area contributed by atoms with Crippen LogP contribution in [0.1, 0.15) is 16.1 Å². The van der Waals surface area contributed by atoms with Gasteiger partial charge in [-0.1, -0.05) is 0 Å². The zero-order valence-electron chi connectivity index (χ0n) is 14.7. The second-order valence-corrected chi connectivity index (χ2v) is 6.22. The molecule has 26 heavy (non-hydrogen) atoms. The summed E-state index contributed by atoms with van der Waals surface area (Å²) in [6, 6.07) is 5.67. The molecular formula is C17H20N6O3. The minimum atomic E-state index is -0.485. The second kappa shape index (κ2) is 7.44. The number of hydrogen-bond donors (Lipinski definition) is 1. The first-order valence-electron chi connectivity index (χ1n) is 8.27. The van der Waals surface area contributed by atoms with Crippen LogP contribution >= 0.6 is 0 Å². The number of aromatic nitrogens is 2. The van der Waals surface area contributed by atoms with Gasteiger partial charge < -0.3 is 15.1 Å². The molecule has 136 valence electrons. The number of likely N-dealkylation sites (N-methyl/N-ethyl adjacent to an activating group) is 1. The van der Waals surface area contributed by atoms with Crippen LogP contribution in [-0.2, 0) is 0 Å². The molecule has 1 amide bonds. The average Bonchev–Trinajstić information content (AvgIpc) is 2.62. The number of piperazine rings is 1. The third kappa shape index (κ3) is 3.94. The molecule has 0 aliphatic carbocycles. The highest BCUT2D eigenvalue weighted by molar-refractivity contribution is 6.04. The highest BCUT2D eigenvalue weighted by Crippen LogP contribution is 2.18. The highest BCUT2D eigenvalue weighted by Gasteiger charge is 2.19. The van der Waals surface area contributed by atoms with Gasteiger partial charge in [0.25, 0.3) is 11.6 Å². The van der Waals surface area contributed by atoms with Crippen LogP contribution in [0.2, 0.25) is 0 Å². The number of carbonyl (C=O) groups is 1. The largest absolute Gasteiger partial charge is 0.338 e. The highest BCUT2D eigenvalue weighted by atomic mass is 16.6. The Labute approximate surface area is 150 Å². The van der Waals surface area contributed by atoms with E-state index in [-0.39, 0.29) is 11.6 Å². The number of carbonyl (C=O) groups excluding carboxylic acids is 1. The summed E-state index contributed by atoms with van der Waals surface area (Å²) in [5.41, 5.74) is 1.41. The van der Waals surface area contributed by atoms with Crippen molar-refractivity contribution in [2.24, 2.45) is 0 Å². The first-order chi connectivity index (χ1) is 12.4. The summed E-state index contributed by atoms with van der Waals surface area (Å²) in [6.45, 7) is 5.37.